The van der Waals surface area contributed by atoms with Crippen molar-refractivity contribution < 1.29 is 9.53 Å². The first kappa shape index (κ1) is 19.2. The van der Waals surface area contributed by atoms with Crippen LogP contribution in [0.15, 0.2) is 24.3 Å². The molecule has 144 valence electrons. The van der Waals surface area contributed by atoms with Crippen molar-refractivity contribution in [2.75, 3.05) is 43.0 Å². The minimum Gasteiger partial charge on any atom is -0.450 e. The van der Waals surface area contributed by atoms with Crippen molar-refractivity contribution in [1.82, 2.24) is 14.9 Å². The van der Waals surface area contributed by atoms with Gasteiger partial charge in [0.25, 0.3) is 0 Å². The number of hydrogen-bond acceptors (Lipinski definition) is 6. The second kappa shape index (κ2) is 8.43. The molecular formula is C19H24ClN5O2. The Morgan fingerprint density at radius 3 is 2.67 bits per heavy atom. The number of aromatic nitrogens is 2. The van der Waals surface area contributed by atoms with Gasteiger partial charge >= 0.3 is 6.09 Å². The molecule has 1 aliphatic rings. The van der Waals surface area contributed by atoms with Gasteiger partial charge in [-0.25, -0.2) is 9.78 Å². The fraction of sp³-hybridized carbons (Fsp3) is 0.421. The first-order valence-corrected chi connectivity index (χ1v) is 9.40. The van der Waals surface area contributed by atoms with E-state index in [-0.39, 0.29) is 6.09 Å². The van der Waals surface area contributed by atoms with Crippen molar-refractivity contribution in [3.8, 4) is 0 Å². The van der Waals surface area contributed by atoms with Crippen molar-refractivity contribution in [3.05, 3.63) is 40.5 Å². The van der Waals surface area contributed by atoms with Gasteiger partial charge in [-0.05, 0) is 38.5 Å². The third kappa shape index (κ3) is 4.60. The molecule has 1 aromatic carbocycles. The lowest BCUT2D eigenvalue weighted by Crippen LogP contribution is -2.49. The standard InChI is InChI=1S/C19H24ClN5O2/c1-4-27-19(26)25-10-8-24(9-11-25)17-12-13(2)21-18(23-17)22-16-7-5-6-15(20)14(16)3/h5-7,12H,4,8-11H2,1-3H3,(H,21,22,23). The molecular weight excluding hydrogens is 366 g/mol. The van der Waals surface area contributed by atoms with Crippen LogP contribution in [-0.4, -0.2) is 53.7 Å². The fourth-order valence-corrected chi connectivity index (χ4v) is 3.14. The molecule has 3 rings (SSSR count). The van der Waals surface area contributed by atoms with Crippen LogP contribution < -0.4 is 10.2 Å². The summed E-state index contributed by atoms with van der Waals surface area (Å²) in [6.45, 7) is 8.72. The van der Waals surface area contributed by atoms with Gasteiger partial charge in [0, 0.05) is 48.6 Å². The third-order valence-electron chi connectivity index (χ3n) is 4.48. The van der Waals surface area contributed by atoms with Crippen LogP contribution >= 0.6 is 11.6 Å². The fourth-order valence-electron chi connectivity index (χ4n) is 2.97. The molecule has 2 aromatic rings. The maximum atomic E-state index is 11.9. The molecule has 1 N–H and O–H groups in total. The number of piperazine rings is 1. The summed E-state index contributed by atoms with van der Waals surface area (Å²) < 4.78 is 5.07. The summed E-state index contributed by atoms with van der Waals surface area (Å²) >= 11 is 6.19. The van der Waals surface area contributed by atoms with Crippen LogP contribution in [0.3, 0.4) is 0 Å². The predicted octanol–water partition coefficient (Wildman–Crippen LogP) is 3.77. The molecule has 1 saturated heterocycles. The van der Waals surface area contributed by atoms with Gasteiger partial charge in [0.1, 0.15) is 5.82 Å². The Balaban J connectivity index is 1.73. The van der Waals surface area contributed by atoms with Gasteiger partial charge in [0.2, 0.25) is 5.95 Å². The van der Waals surface area contributed by atoms with Crippen LogP contribution in [0, 0.1) is 13.8 Å². The summed E-state index contributed by atoms with van der Waals surface area (Å²) in [4.78, 5) is 24.9. The van der Waals surface area contributed by atoms with Crippen molar-refractivity contribution >= 4 is 35.1 Å². The van der Waals surface area contributed by atoms with Crippen LogP contribution in [0.25, 0.3) is 0 Å². The number of carbonyl (C=O) groups excluding carboxylic acids is 1. The van der Waals surface area contributed by atoms with E-state index in [0.29, 0.717) is 43.8 Å². The zero-order valence-corrected chi connectivity index (χ0v) is 16.6. The largest absolute Gasteiger partial charge is 0.450 e. The van der Waals surface area contributed by atoms with E-state index in [0.717, 1.165) is 22.8 Å². The van der Waals surface area contributed by atoms with Gasteiger partial charge < -0.3 is 19.9 Å². The second-order valence-corrected chi connectivity index (χ2v) is 6.81. The molecule has 0 bridgehead atoms. The van der Waals surface area contributed by atoms with Crippen molar-refractivity contribution in [3.63, 3.8) is 0 Å². The van der Waals surface area contributed by atoms with E-state index in [1.165, 1.54) is 0 Å². The summed E-state index contributed by atoms with van der Waals surface area (Å²) in [6.07, 6.45) is -0.255. The molecule has 1 aromatic heterocycles. The number of amides is 1. The van der Waals surface area contributed by atoms with E-state index in [4.69, 9.17) is 16.3 Å². The minimum atomic E-state index is -0.255. The summed E-state index contributed by atoms with van der Waals surface area (Å²) in [5.74, 6) is 1.37. The van der Waals surface area contributed by atoms with Crippen molar-refractivity contribution in [2.24, 2.45) is 0 Å². The number of benzene rings is 1. The predicted molar refractivity (Wildman–Crippen MR) is 107 cm³/mol. The number of rotatable bonds is 4. The Morgan fingerprint density at radius 1 is 1.22 bits per heavy atom. The molecule has 0 atom stereocenters. The van der Waals surface area contributed by atoms with Crippen LogP contribution in [-0.2, 0) is 4.74 Å². The molecule has 0 spiro atoms. The van der Waals surface area contributed by atoms with E-state index in [1.54, 1.807) is 4.90 Å². The molecule has 2 heterocycles. The molecule has 0 unspecified atom stereocenters. The van der Waals surface area contributed by atoms with Crippen LogP contribution in [0.4, 0.5) is 22.2 Å². The number of ether oxygens (including phenoxy) is 1. The maximum absolute atomic E-state index is 11.9. The van der Waals surface area contributed by atoms with Gasteiger partial charge in [0.15, 0.2) is 0 Å². The Bertz CT molecular complexity index is 822. The molecule has 1 aliphatic heterocycles. The molecule has 0 aliphatic carbocycles. The Morgan fingerprint density at radius 2 is 1.96 bits per heavy atom. The van der Waals surface area contributed by atoms with E-state index < -0.39 is 0 Å². The van der Waals surface area contributed by atoms with Crippen LogP contribution in [0.1, 0.15) is 18.2 Å². The molecule has 1 fully saturated rings. The lowest BCUT2D eigenvalue weighted by atomic mass is 10.2. The van der Waals surface area contributed by atoms with E-state index in [2.05, 4.69) is 20.2 Å². The summed E-state index contributed by atoms with van der Waals surface area (Å²) in [7, 11) is 0. The Hall–Kier alpha value is -2.54. The maximum Gasteiger partial charge on any atom is 0.409 e. The number of nitrogens with one attached hydrogen (secondary N) is 1. The van der Waals surface area contributed by atoms with Crippen LogP contribution in [0.2, 0.25) is 5.02 Å². The smallest absolute Gasteiger partial charge is 0.409 e. The molecule has 8 heteroatoms. The molecule has 0 radical (unpaired) electrons. The van der Waals surface area contributed by atoms with Crippen LogP contribution in [0.5, 0.6) is 0 Å². The first-order valence-electron chi connectivity index (χ1n) is 9.02. The SMILES string of the molecule is CCOC(=O)N1CCN(c2cc(C)nc(Nc3cccc(Cl)c3C)n2)CC1. The number of halogens is 1. The zero-order chi connectivity index (χ0) is 19.4. The highest BCUT2D eigenvalue weighted by atomic mass is 35.5. The molecule has 7 nitrogen and oxygen atoms in total. The average Bonchev–Trinajstić information content (AvgIpc) is 2.65. The van der Waals surface area contributed by atoms with Gasteiger partial charge in [-0.15, -0.1) is 0 Å². The molecule has 27 heavy (non-hydrogen) atoms. The van der Waals surface area contributed by atoms with E-state index in [1.807, 2.05) is 45.0 Å². The molecule has 1 amide bonds. The lowest BCUT2D eigenvalue weighted by Gasteiger charge is -2.34. The average molecular weight is 390 g/mol. The summed E-state index contributed by atoms with van der Waals surface area (Å²) in [6, 6.07) is 7.65. The van der Waals surface area contributed by atoms with Gasteiger partial charge in [-0.3, -0.25) is 0 Å². The highest BCUT2D eigenvalue weighted by molar-refractivity contribution is 6.31. The van der Waals surface area contributed by atoms with Crippen molar-refractivity contribution in [2.45, 2.75) is 20.8 Å². The van der Waals surface area contributed by atoms with Gasteiger partial charge in [-0.2, -0.15) is 4.98 Å². The second-order valence-electron chi connectivity index (χ2n) is 6.40. The number of carbonyl (C=O) groups is 1. The van der Waals surface area contributed by atoms with Crippen molar-refractivity contribution in [1.29, 1.82) is 0 Å². The number of nitrogens with zero attached hydrogens (tertiary/aromatic N) is 4. The summed E-state index contributed by atoms with van der Waals surface area (Å²) in [5.41, 5.74) is 2.70. The highest BCUT2D eigenvalue weighted by Gasteiger charge is 2.23. The topological polar surface area (TPSA) is 70.6 Å². The summed E-state index contributed by atoms with van der Waals surface area (Å²) in [5, 5.41) is 3.96. The molecule has 0 saturated carbocycles. The van der Waals surface area contributed by atoms with Gasteiger partial charge in [-0.1, -0.05) is 17.7 Å². The van der Waals surface area contributed by atoms with Gasteiger partial charge in [0.05, 0.1) is 6.61 Å². The van der Waals surface area contributed by atoms with E-state index in [9.17, 15) is 4.79 Å². The number of anilines is 3. The minimum absolute atomic E-state index is 0.255. The first-order chi connectivity index (χ1) is 13.0. The Labute approximate surface area is 164 Å². The number of aryl methyl sites for hydroxylation is 1. The zero-order valence-electron chi connectivity index (χ0n) is 15.8. The monoisotopic (exact) mass is 389 g/mol. The highest BCUT2D eigenvalue weighted by Crippen LogP contribution is 2.26. The Kier molecular flexibility index (Phi) is 6.01. The quantitative estimate of drug-likeness (QED) is 0.858. The van der Waals surface area contributed by atoms with E-state index >= 15 is 0 Å². The number of hydrogen-bond donors (Lipinski definition) is 1. The normalized spacial score (nSPS) is 14.2. The lowest BCUT2D eigenvalue weighted by molar-refractivity contribution is 0.105. The third-order valence-corrected chi connectivity index (χ3v) is 4.89.